The minimum absolute atomic E-state index is 1.11. The monoisotopic (exact) mass is 1240 g/mol. The topological polar surface area (TPSA) is 4.93 Å². The fourth-order valence-corrected chi connectivity index (χ4v) is 17.4. The average molecular weight is 1240 g/mol. The number of hydrogen-bond acceptors (Lipinski definition) is 2. The minimum Gasteiger partial charge on any atom is -0.309 e. The molecule has 0 saturated carbocycles. The molecule has 0 aliphatic carbocycles. The van der Waals surface area contributed by atoms with Crippen molar-refractivity contribution in [2.24, 2.45) is 0 Å². The summed E-state index contributed by atoms with van der Waals surface area (Å²) >= 11 is 3.80. The van der Waals surface area contributed by atoms with E-state index in [1.165, 1.54) is 167 Å². The average Bonchev–Trinajstić information content (AvgIpc) is 1.76. The Hall–Kier alpha value is -11.7. The molecule has 0 atom stereocenters. The molecule has 0 aliphatic heterocycles. The molecule has 16 aromatic carbocycles. The van der Waals surface area contributed by atoms with Crippen LogP contribution in [0.4, 0.5) is 0 Å². The van der Waals surface area contributed by atoms with Gasteiger partial charge in [-0.3, -0.25) is 0 Å². The van der Waals surface area contributed by atoms with Crippen molar-refractivity contribution in [3.05, 3.63) is 346 Å². The lowest BCUT2D eigenvalue weighted by molar-refractivity contribution is 1.18. The smallest absolute Gasteiger partial charge is 0.0541 e. The first-order valence-corrected chi connectivity index (χ1v) is 34.2. The van der Waals surface area contributed by atoms with Gasteiger partial charge in [-0.15, -0.1) is 22.7 Å². The number of rotatable bonds is 10. The zero-order chi connectivity index (χ0) is 62.5. The van der Waals surface area contributed by atoms with Crippen LogP contribution < -0.4 is 0 Å². The maximum absolute atomic E-state index is 2.50. The van der Waals surface area contributed by atoms with Crippen molar-refractivity contribution in [2.75, 3.05) is 0 Å². The van der Waals surface area contributed by atoms with Crippen LogP contribution in [0.3, 0.4) is 0 Å². The van der Waals surface area contributed by atoms with Gasteiger partial charge in [-0.2, -0.15) is 0 Å². The Labute approximate surface area is 558 Å². The number of thiophene rings is 2. The Bertz CT molecular complexity index is 5950. The third-order valence-corrected chi connectivity index (χ3v) is 22.0. The van der Waals surface area contributed by atoms with Gasteiger partial charge in [0.05, 0.1) is 11.0 Å². The van der Waals surface area contributed by atoms with Gasteiger partial charge in [0.2, 0.25) is 0 Å². The molecule has 3 aromatic heterocycles. The molecule has 3 heterocycles. The first kappa shape index (κ1) is 55.0. The van der Waals surface area contributed by atoms with E-state index in [0.717, 1.165) is 22.3 Å². The van der Waals surface area contributed by atoms with Gasteiger partial charge in [0.15, 0.2) is 0 Å². The SMILES string of the molecule is c1ccc(-c2ccc3sc4c(-c5ccc6c(c5)c5cc(-c7cc(-c8ccccc8)cc8c7sc7ccc(-c9ccccc9)cc78)ccc5n6-c5ccc(-c6ccc7c(-c8ccccc8)c8ccccc8c(-c8ccccc8)c7c6)cc5)cc(-c5ccccc5)cc4c3c2)cc1. The van der Waals surface area contributed by atoms with Crippen LogP contribution in [-0.4, -0.2) is 4.57 Å². The molecule has 0 N–H and O–H groups in total. The molecule has 3 heteroatoms. The van der Waals surface area contributed by atoms with Crippen LogP contribution in [-0.2, 0) is 0 Å². The summed E-state index contributed by atoms with van der Waals surface area (Å²) in [5.41, 5.74) is 25.3. The molecule has 0 fully saturated rings. The summed E-state index contributed by atoms with van der Waals surface area (Å²) in [5.74, 6) is 0. The van der Waals surface area contributed by atoms with Crippen molar-refractivity contribution in [2.45, 2.75) is 0 Å². The zero-order valence-corrected chi connectivity index (χ0v) is 53.3. The minimum atomic E-state index is 1.11. The highest BCUT2D eigenvalue weighted by molar-refractivity contribution is 7.26. The predicted octanol–water partition coefficient (Wildman–Crippen LogP) is 26.8. The first-order valence-electron chi connectivity index (χ1n) is 32.6. The van der Waals surface area contributed by atoms with E-state index in [9.17, 15) is 0 Å². The number of nitrogens with zero attached hydrogens (tertiary/aromatic N) is 1. The van der Waals surface area contributed by atoms with E-state index in [-0.39, 0.29) is 0 Å². The molecule has 0 spiro atoms. The van der Waals surface area contributed by atoms with Gasteiger partial charge in [-0.1, -0.05) is 255 Å². The van der Waals surface area contributed by atoms with Gasteiger partial charge in [0, 0.05) is 67.9 Å². The van der Waals surface area contributed by atoms with Crippen LogP contribution in [0, 0.1) is 0 Å². The summed E-state index contributed by atoms with van der Waals surface area (Å²) in [4.78, 5) is 0. The van der Waals surface area contributed by atoms with E-state index in [1.54, 1.807) is 0 Å². The molecular formula is C92H57NS2. The largest absolute Gasteiger partial charge is 0.309 e. The summed E-state index contributed by atoms with van der Waals surface area (Å²) in [6.07, 6.45) is 0. The van der Waals surface area contributed by atoms with Crippen molar-refractivity contribution in [1.82, 2.24) is 4.57 Å². The summed E-state index contributed by atoms with van der Waals surface area (Å²) in [6.45, 7) is 0. The van der Waals surface area contributed by atoms with Crippen LogP contribution in [0.25, 0.3) is 190 Å². The molecule has 19 rings (SSSR count). The molecule has 0 amide bonds. The lowest BCUT2D eigenvalue weighted by atomic mass is 9.85. The summed E-state index contributed by atoms with van der Waals surface area (Å²) < 4.78 is 7.64. The summed E-state index contributed by atoms with van der Waals surface area (Å²) in [7, 11) is 0. The second kappa shape index (κ2) is 22.5. The summed E-state index contributed by atoms with van der Waals surface area (Å²) in [6, 6.07) is 129. The van der Waals surface area contributed by atoms with E-state index >= 15 is 0 Å². The van der Waals surface area contributed by atoms with Crippen LogP contribution >= 0.6 is 22.7 Å². The lowest BCUT2D eigenvalue weighted by Crippen LogP contribution is -1.94. The van der Waals surface area contributed by atoms with Gasteiger partial charge in [0.1, 0.15) is 0 Å². The van der Waals surface area contributed by atoms with Crippen LogP contribution in [0.2, 0.25) is 0 Å². The Morgan fingerprint density at radius 1 is 0.179 bits per heavy atom. The maximum atomic E-state index is 2.50. The predicted molar refractivity (Wildman–Crippen MR) is 410 cm³/mol. The number of hydrogen-bond donors (Lipinski definition) is 0. The normalized spacial score (nSPS) is 11.8. The van der Waals surface area contributed by atoms with Crippen LogP contribution in [0.1, 0.15) is 0 Å². The third-order valence-electron chi connectivity index (χ3n) is 19.6. The van der Waals surface area contributed by atoms with Crippen LogP contribution in [0.15, 0.2) is 346 Å². The Morgan fingerprint density at radius 2 is 0.484 bits per heavy atom. The molecule has 0 bridgehead atoms. The first-order chi connectivity index (χ1) is 47.1. The standard InChI is InChI=1S/C92H57NS2/c1-7-21-58(22-8-1)66-40-47-87-80(49-66)83-56-70(60-25-11-3-12-26-60)54-76(91(83)94-87)68-38-45-85-78(52-68)79-53-69(77-55-71(61-27-13-4-14-28-61)57-84-81-50-67(59-23-9-2-10-24-59)41-48-88(81)95-92(77)84)39-46-86(79)93(85)72-42-35-62(36-43-72)65-37-44-75-82(51-65)90(64-31-17-6-18-32-64)74-34-20-19-33-73(74)89(75)63-29-15-5-16-30-63/h1-57H. The van der Waals surface area contributed by atoms with Crippen LogP contribution in [0.5, 0.6) is 0 Å². The molecule has 0 radical (unpaired) electrons. The molecular weight excluding hydrogens is 1180 g/mol. The van der Waals surface area contributed by atoms with Gasteiger partial charge in [-0.05, 0) is 202 Å². The van der Waals surface area contributed by atoms with Crippen molar-refractivity contribution < 1.29 is 0 Å². The third kappa shape index (κ3) is 9.34. The van der Waals surface area contributed by atoms with Gasteiger partial charge in [-0.25, -0.2) is 0 Å². The molecule has 0 aliphatic rings. The highest BCUT2D eigenvalue weighted by Crippen LogP contribution is 2.50. The lowest BCUT2D eigenvalue weighted by Gasteiger charge is -2.19. The molecule has 1 nitrogen and oxygen atoms in total. The van der Waals surface area contributed by atoms with Gasteiger partial charge >= 0.3 is 0 Å². The van der Waals surface area contributed by atoms with Gasteiger partial charge < -0.3 is 4.57 Å². The van der Waals surface area contributed by atoms with Crippen molar-refractivity contribution in [1.29, 1.82) is 0 Å². The number of benzene rings is 16. The van der Waals surface area contributed by atoms with E-state index in [0.29, 0.717) is 0 Å². The molecule has 95 heavy (non-hydrogen) atoms. The number of aromatic nitrogens is 1. The van der Waals surface area contributed by atoms with Gasteiger partial charge in [0.25, 0.3) is 0 Å². The Kier molecular flexibility index (Phi) is 13.0. The van der Waals surface area contributed by atoms with E-state index < -0.39 is 0 Å². The van der Waals surface area contributed by atoms with Crippen molar-refractivity contribution >= 4 is 106 Å². The second-order valence-electron chi connectivity index (χ2n) is 25.0. The quantitative estimate of drug-likeness (QED) is 0.120. The highest BCUT2D eigenvalue weighted by atomic mass is 32.1. The highest BCUT2D eigenvalue weighted by Gasteiger charge is 2.23. The molecule has 0 saturated heterocycles. The Morgan fingerprint density at radius 3 is 0.916 bits per heavy atom. The fraction of sp³-hybridized carbons (Fsp3) is 0. The molecule has 19 aromatic rings. The zero-order valence-electron chi connectivity index (χ0n) is 51.7. The van der Waals surface area contributed by atoms with E-state index in [4.69, 9.17) is 0 Å². The van der Waals surface area contributed by atoms with Crippen molar-refractivity contribution in [3.8, 4) is 106 Å². The Balaban J connectivity index is 0.820. The fourth-order valence-electron chi connectivity index (χ4n) is 15.0. The van der Waals surface area contributed by atoms with E-state index in [1.807, 2.05) is 22.7 Å². The molecule has 442 valence electrons. The molecule has 0 unspecified atom stereocenters. The second-order valence-corrected chi connectivity index (χ2v) is 27.1. The summed E-state index contributed by atoms with van der Waals surface area (Å²) in [5, 5.41) is 12.5. The van der Waals surface area contributed by atoms with E-state index in [2.05, 4.69) is 350 Å². The maximum Gasteiger partial charge on any atom is 0.0541 e. The van der Waals surface area contributed by atoms with Crippen molar-refractivity contribution in [3.63, 3.8) is 0 Å². The number of fused-ring (bicyclic) bond motifs is 11.